The summed E-state index contributed by atoms with van der Waals surface area (Å²) >= 11 is 0. The van der Waals surface area contributed by atoms with Crippen LogP contribution in [0, 0.1) is 5.92 Å². The van der Waals surface area contributed by atoms with Gasteiger partial charge in [0.05, 0.1) is 13.2 Å². The van der Waals surface area contributed by atoms with E-state index in [-0.39, 0.29) is 17.2 Å². The van der Waals surface area contributed by atoms with Gasteiger partial charge in [0.25, 0.3) is 5.91 Å². The summed E-state index contributed by atoms with van der Waals surface area (Å²) in [5.74, 6) is 1.05. The lowest BCUT2D eigenvalue weighted by Gasteiger charge is -2.51. The maximum absolute atomic E-state index is 12.7. The number of rotatable bonds is 3. The van der Waals surface area contributed by atoms with Crippen molar-refractivity contribution in [1.82, 2.24) is 9.80 Å². The first kappa shape index (κ1) is 15.9. The van der Waals surface area contributed by atoms with Crippen molar-refractivity contribution in [3.05, 3.63) is 29.8 Å². The van der Waals surface area contributed by atoms with Gasteiger partial charge in [-0.2, -0.15) is 0 Å². The molecule has 5 nitrogen and oxygen atoms in total. The number of phenols is 1. The Morgan fingerprint density at radius 1 is 1.25 bits per heavy atom. The predicted molar refractivity (Wildman–Crippen MR) is 91.1 cm³/mol. The van der Waals surface area contributed by atoms with Crippen molar-refractivity contribution in [3.8, 4) is 5.75 Å². The first-order valence-corrected chi connectivity index (χ1v) is 9.07. The van der Waals surface area contributed by atoms with Gasteiger partial charge in [0.2, 0.25) is 0 Å². The molecule has 1 aliphatic carbocycles. The molecule has 1 aromatic rings. The topological polar surface area (TPSA) is 53.0 Å². The SMILES string of the molecule is O=C(c1cccc(O)c1)N1CCC2(CC1)COCCN2CC1CC1. The fourth-order valence-corrected chi connectivity index (χ4v) is 4.07. The molecule has 0 atom stereocenters. The van der Waals surface area contributed by atoms with E-state index >= 15 is 0 Å². The molecule has 2 heterocycles. The smallest absolute Gasteiger partial charge is 0.253 e. The van der Waals surface area contributed by atoms with Gasteiger partial charge >= 0.3 is 0 Å². The van der Waals surface area contributed by atoms with E-state index in [9.17, 15) is 9.90 Å². The molecule has 2 aliphatic heterocycles. The van der Waals surface area contributed by atoms with Crippen molar-refractivity contribution in [2.75, 3.05) is 39.4 Å². The van der Waals surface area contributed by atoms with Gasteiger partial charge in [-0.05, 0) is 49.8 Å². The highest BCUT2D eigenvalue weighted by Crippen LogP contribution is 2.37. The van der Waals surface area contributed by atoms with Crippen LogP contribution in [-0.4, -0.2) is 65.7 Å². The van der Waals surface area contributed by atoms with Crippen LogP contribution in [0.15, 0.2) is 24.3 Å². The number of phenolic OH excluding ortho intramolecular Hbond substituents is 1. The molecule has 1 amide bonds. The molecule has 0 radical (unpaired) electrons. The standard InChI is InChI=1S/C19H26N2O3/c22-17-3-1-2-16(12-17)18(23)20-8-6-19(7-9-20)14-24-11-10-21(19)13-15-4-5-15/h1-3,12,15,22H,4-11,13-14H2. The molecule has 1 N–H and O–H groups in total. The number of hydrogen-bond acceptors (Lipinski definition) is 4. The highest BCUT2D eigenvalue weighted by molar-refractivity contribution is 5.94. The Hall–Kier alpha value is -1.59. The Balaban J connectivity index is 1.42. The third-order valence-corrected chi connectivity index (χ3v) is 5.80. The molecular formula is C19H26N2O3. The quantitative estimate of drug-likeness (QED) is 0.922. The first-order valence-electron chi connectivity index (χ1n) is 9.07. The molecule has 0 bridgehead atoms. The summed E-state index contributed by atoms with van der Waals surface area (Å²) in [5.41, 5.74) is 0.692. The maximum atomic E-state index is 12.7. The molecule has 3 fully saturated rings. The number of piperidine rings is 1. The van der Waals surface area contributed by atoms with Gasteiger partial charge in [0, 0.05) is 37.3 Å². The third-order valence-electron chi connectivity index (χ3n) is 5.80. The number of carbonyl (C=O) groups is 1. The number of aromatic hydroxyl groups is 1. The van der Waals surface area contributed by atoms with E-state index in [1.54, 1.807) is 24.3 Å². The summed E-state index contributed by atoms with van der Waals surface area (Å²) in [6.45, 7) is 5.38. The lowest BCUT2D eigenvalue weighted by atomic mass is 9.85. The summed E-state index contributed by atoms with van der Waals surface area (Å²) in [7, 11) is 0. The predicted octanol–water partition coefficient (Wildman–Crippen LogP) is 2.11. The Bertz CT molecular complexity index is 606. The molecule has 4 rings (SSSR count). The number of ether oxygens (including phenoxy) is 1. The molecule has 24 heavy (non-hydrogen) atoms. The van der Waals surface area contributed by atoms with E-state index < -0.39 is 0 Å². The number of likely N-dealkylation sites (tertiary alicyclic amines) is 1. The van der Waals surface area contributed by atoms with Crippen molar-refractivity contribution in [3.63, 3.8) is 0 Å². The number of carbonyl (C=O) groups excluding carboxylic acids is 1. The van der Waals surface area contributed by atoms with E-state index in [1.807, 2.05) is 4.90 Å². The number of amides is 1. The molecule has 1 aromatic carbocycles. The van der Waals surface area contributed by atoms with Crippen LogP contribution in [-0.2, 0) is 4.74 Å². The maximum Gasteiger partial charge on any atom is 0.253 e. The van der Waals surface area contributed by atoms with Crippen molar-refractivity contribution >= 4 is 5.91 Å². The van der Waals surface area contributed by atoms with Gasteiger partial charge in [-0.15, -0.1) is 0 Å². The number of hydrogen-bond donors (Lipinski definition) is 1. The largest absolute Gasteiger partial charge is 0.508 e. The van der Waals surface area contributed by atoms with Gasteiger partial charge in [0.15, 0.2) is 0 Å². The first-order chi connectivity index (χ1) is 11.7. The van der Waals surface area contributed by atoms with E-state index in [4.69, 9.17) is 4.74 Å². The summed E-state index contributed by atoms with van der Waals surface area (Å²) in [4.78, 5) is 17.2. The number of nitrogens with zero attached hydrogens (tertiary/aromatic N) is 2. The highest BCUT2D eigenvalue weighted by Gasteiger charge is 2.44. The highest BCUT2D eigenvalue weighted by atomic mass is 16.5. The minimum Gasteiger partial charge on any atom is -0.508 e. The summed E-state index contributed by atoms with van der Waals surface area (Å²) < 4.78 is 5.81. The molecule has 0 unspecified atom stereocenters. The van der Waals surface area contributed by atoms with E-state index in [1.165, 1.54) is 19.4 Å². The normalized spacial score (nSPS) is 24.2. The second-order valence-electron chi connectivity index (χ2n) is 7.51. The minimum absolute atomic E-state index is 0.0196. The lowest BCUT2D eigenvalue weighted by molar-refractivity contribution is -0.0932. The summed E-state index contributed by atoms with van der Waals surface area (Å²) in [6, 6.07) is 6.64. The van der Waals surface area contributed by atoms with Crippen LogP contribution in [0.5, 0.6) is 5.75 Å². The van der Waals surface area contributed by atoms with Gasteiger partial charge < -0.3 is 14.7 Å². The molecule has 3 aliphatic rings. The average molecular weight is 330 g/mol. The summed E-state index contributed by atoms with van der Waals surface area (Å²) in [5, 5.41) is 9.59. The van der Waals surface area contributed by atoms with Crippen LogP contribution in [0.4, 0.5) is 0 Å². The van der Waals surface area contributed by atoms with Crippen LogP contribution in [0.3, 0.4) is 0 Å². The van der Waals surface area contributed by atoms with Crippen molar-refractivity contribution in [1.29, 1.82) is 0 Å². The number of benzene rings is 1. The zero-order valence-electron chi connectivity index (χ0n) is 14.1. The minimum atomic E-state index is 0.0196. The summed E-state index contributed by atoms with van der Waals surface area (Å²) in [6.07, 6.45) is 4.69. The van der Waals surface area contributed by atoms with Crippen molar-refractivity contribution in [2.45, 2.75) is 31.2 Å². The molecule has 0 aromatic heterocycles. The van der Waals surface area contributed by atoms with Gasteiger partial charge in [-0.25, -0.2) is 0 Å². The van der Waals surface area contributed by atoms with Crippen LogP contribution >= 0.6 is 0 Å². The van der Waals surface area contributed by atoms with E-state index in [0.29, 0.717) is 5.56 Å². The van der Waals surface area contributed by atoms with Gasteiger partial charge in [-0.3, -0.25) is 9.69 Å². The number of morpholine rings is 1. The molecule has 130 valence electrons. The molecule has 1 spiro atoms. The molecule has 1 saturated carbocycles. The Kier molecular flexibility index (Phi) is 4.22. The Labute approximate surface area is 143 Å². The molecule has 5 heteroatoms. The van der Waals surface area contributed by atoms with Crippen LogP contribution in [0.2, 0.25) is 0 Å². The monoisotopic (exact) mass is 330 g/mol. The van der Waals surface area contributed by atoms with Crippen LogP contribution < -0.4 is 0 Å². The van der Waals surface area contributed by atoms with Crippen LogP contribution in [0.1, 0.15) is 36.0 Å². The fraction of sp³-hybridized carbons (Fsp3) is 0.632. The average Bonchev–Trinajstić information content (AvgIpc) is 3.41. The fourth-order valence-electron chi connectivity index (χ4n) is 4.07. The van der Waals surface area contributed by atoms with E-state index in [0.717, 1.165) is 51.6 Å². The molecule has 2 saturated heterocycles. The zero-order valence-corrected chi connectivity index (χ0v) is 14.1. The third kappa shape index (κ3) is 3.15. The Morgan fingerprint density at radius 3 is 2.75 bits per heavy atom. The second kappa shape index (κ2) is 6.37. The molecular weight excluding hydrogens is 304 g/mol. The zero-order chi connectivity index (χ0) is 16.6. The van der Waals surface area contributed by atoms with Crippen molar-refractivity contribution in [2.24, 2.45) is 5.92 Å². The van der Waals surface area contributed by atoms with Gasteiger partial charge in [0.1, 0.15) is 5.75 Å². The van der Waals surface area contributed by atoms with Gasteiger partial charge in [-0.1, -0.05) is 6.07 Å². The van der Waals surface area contributed by atoms with Crippen LogP contribution in [0.25, 0.3) is 0 Å². The Morgan fingerprint density at radius 2 is 2.04 bits per heavy atom. The van der Waals surface area contributed by atoms with Crippen molar-refractivity contribution < 1.29 is 14.6 Å². The lowest BCUT2D eigenvalue weighted by Crippen LogP contribution is -2.62. The van der Waals surface area contributed by atoms with E-state index in [2.05, 4.69) is 4.90 Å². The second-order valence-corrected chi connectivity index (χ2v) is 7.51.